The number of carbonyl (C=O) groups is 1. The second kappa shape index (κ2) is 8.43. The molecule has 0 aliphatic carbocycles. The van der Waals surface area contributed by atoms with Gasteiger partial charge in [0.2, 0.25) is 5.91 Å². The number of nitrogens with one attached hydrogen (secondary N) is 1. The summed E-state index contributed by atoms with van der Waals surface area (Å²) in [7, 11) is 0. The molecule has 0 saturated heterocycles. The van der Waals surface area contributed by atoms with Gasteiger partial charge in [0.25, 0.3) is 0 Å². The number of aromatic nitrogens is 1. The zero-order valence-electron chi connectivity index (χ0n) is 14.9. The molecular formula is C20H17F3N2O2S. The molecule has 0 radical (unpaired) electrons. The van der Waals surface area contributed by atoms with Gasteiger partial charge in [-0.15, -0.1) is 24.5 Å². The van der Waals surface area contributed by atoms with Crippen LogP contribution in [-0.4, -0.2) is 17.3 Å². The number of benzene rings is 2. The van der Waals surface area contributed by atoms with Crippen LogP contribution in [0.4, 0.5) is 13.2 Å². The topological polar surface area (TPSA) is 51.2 Å². The molecule has 0 bridgehead atoms. The van der Waals surface area contributed by atoms with Crippen LogP contribution in [0.2, 0.25) is 0 Å². The molecule has 3 rings (SSSR count). The van der Waals surface area contributed by atoms with E-state index in [0.717, 1.165) is 16.1 Å². The second-order valence-electron chi connectivity index (χ2n) is 6.12. The van der Waals surface area contributed by atoms with Crippen LogP contribution in [0.25, 0.3) is 10.6 Å². The normalized spacial score (nSPS) is 11.3. The molecule has 0 spiro atoms. The fourth-order valence-electron chi connectivity index (χ4n) is 2.51. The Morgan fingerprint density at radius 2 is 1.86 bits per heavy atom. The summed E-state index contributed by atoms with van der Waals surface area (Å²) in [6, 6.07) is 13.6. The largest absolute Gasteiger partial charge is 0.573 e. The molecule has 0 fully saturated rings. The van der Waals surface area contributed by atoms with Crippen molar-refractivity contribution in [2.45, 2.75) is 26.3 Å². The van der Waals surface area contributed by atoms with Crippen LogP contribution >= 0.6 is 11.3 Å². The summed E-state index contributed by atoms with van der Waals surface area (Å²) in [5.74, 6) is -0.659. The van der Waals surface area contributed by atoms with E-state index in [2.05, 4.69) is 15.0 Å². The minimum Gasteiger partial charge on any atom is -0.405 e. The van der Waals surface area contributed by atoms with Gasteiger partial charge in [-0.3, -0.25) is 4.79 Å². The highest BCUT2D eigenvalue weighted by molar-refractivity contribution is 7.13. The highest BCUT2D eigenvalue weighted by Gasteiger charge is 2.31. The molecule has 0 aliphatic heterocycles. The second-order valence-corrected chi connectivity index (χ2v) is 6.98. The van der Waals surface area contributed by atoms with Crippen LogP contribution in [0.15, 0.2) is 53.9 Å². The van der Waals surface area contributed by atoms with Crippen molar-refractivity contribution in [3.8, 4) is 16.3 Å². The molecule has 0 atom stereocenters. The lowest BCUT2D eigenvalue weighted by Gasteiger charge is -2.13. The van der Waals surface area contributed by atoms with Gasteiger partial charge in [0.1, 0.15) is 10.8 Å². The summed E-state index contributed by atoms with van der Waals surface area (Å²) in [6.45, 7) is 1.93. The van der Waals surface area contributed by atoms with Gasteiger partial charge in [0.15, 0.2) is 0 Å². The Balaban J connectivity index is 1.59. The number of carbonyl (C=O) groups excluding carboxylic acids is 1. The van der Waals surface area contributed by atoms with Crippen molar-refractivity contribution >= 4 is 17.2 Å². The van der Waals surface area contributed by atoms with Crippen LogP contribution in [0.5, 0.6) is 5.75 Å². The van der Waals surface area contributed by atoms with E-state index >= 15 is 0 Å². The molecule has 3 aromatic rings. The van der Waals surface area contributed by atoms with Crippen LogP contribution in [-0.2, 0) is 17.8 Å². The van der Waals surface area contributed by atoms with E-state index in [4.69, 9.17) is 0 Å². The van der Waals surface area contributed by atoms with Crippen LogP contribution < -0.4 is 10.1 Å². The van der Waals surface area contributed by atoms with E-state index in [0.29, 0.717) is 5.69 Å². The fourth-order valence-corrected chi connectivity index (χ4v) is 3.34. The molecule has 1 amide bonds. The van der Waals surface area contributed by atoms with E-state index in [9.17, 15) is 18.0 Å². The number of alkyl halides is 3. The van der Waals surface area contributed by atoms with Gasteiger partial charge >= 0.3 is 6.36 Å². The van der Waals surface area contributed by atoms with Crippen molar-refractivity contribution in [1.29, 1.82) is 0 Å². The van der Waals surface area contributed by atoms with Gasteiger partial charge < -0.3 is 10.1 Å². The van der Waals surface area contributed by atoms with Crippen molar-refractivity contribution < 1.29 is 22.7 Å². The van der Waals surface area contributed by atoms with Crippen LogP contribution in [0.1, 0.15) is 16.8 Å². The van der Waals surface area contributed by atoms with E-state index in [1.54, 1.807) is 11.4 Å². The number of nitrogens with zero attached hydrogens (tertiary/aromatic N) is 1. The van der Waals surface area contributed by atoms with E-state index < -0.39 is 6.36 Å². The third-order valence-electron chi connectivity index (χ3n) is 3.87. The summed E-state index contributed by atoms with van der Waals surface area (Å²) in [6.07, 6.45) is -4.74. The molecule has 0 aliphatic rings. The average molecular weight is 406 g/mol. The maximum Gasteiger partial charge on any atom is 0.573 e. The Hall–Kier alpha value is -2.87. The minimum absolute atomic E-state index is 0.0463. The molecule has 2 aromatic carbocycles. The van der Waals surface area contributed by atoms with Gasteiger partial charge in [0, 0.05) is 23.1 Å². The van der Waals surface area contributed by atoms with Crippen molar-refractivity contribution in [1.82, 2.24) is 10.3 Å². The smallest absolute Gasteiger partial charge is 0.405 e. The number of rotatable bonds is 6. The first-order chi connectivity index (χ1) is 13.3. The van der Waals surface area contributed by atoms with Crippen LogP contribution in [0, 0.1) is 6.92 Å². The molecule has 28 heavy (non-hydrogen) atoms. The van der Waals surface area contributed by atoms with Crippen molar-refractivity contribution in [2.75, 3.05) is 0 Å². The van der Waals surface area contributed by atoms with Gasteiger partial charge in [-0.05, 0) is 13.0 Å². The summed E-state index contributed by atoms with van der Waals surface area (Å²) in [5.41, 5.74) is 2.97. The molecule has 1 heterocycles. The van der Waals surface area contributed by atoms with Crippen molar-refractivity contribution in [3.05, 3.63) is 70.7 Å². The highest BCUT2D eigenvalue weighted by Crippen LogP contribution is 2.26. The third-order valence-corrected chi connectivity index (χ3v) is 4.81. The average Bonchev–Trinajstić information content (AvgIpc) is 3.08. The maximum absolute atomic E-state index is 12.5. The molecule has 4 nitrogen and oxygen atoms in total. The first-order valence-corrected chi connectivity index (χ1v) is 9.30. The predicted molar refractivity (Wildman–Crippen MR) is 101 cm³/mol. The molecule has 0 saturated carbocycles. The number of hydrogen-bond acceptors (Lipinski definition) is 4. The SMILES string of the molecule is Cc1ccc(-c2nc(CC(=O)NCc3ccccc3OC(F)(F)F)cs2)cc1. The van der Waals surface area contributed by atoms with Gasteiger partial charge in [0.05, 0.1) is 12.1 Å². The molecule has 146 valence electrons. The zero-order valence-corrected chi connectivity index (χ0v) is 15.7. The van der Waals surface area contributed by atoms with Crippen molar-refractivity contribution in [2.24, 2.45) is 0 Å². The Morgan fingerprint density at radius 3 is 2.57 bits per heavy atom. The van der Waals surface area contributed by atoms with Crippen molar-refractivity contribution in [3.63, 3.8) is 0 Å². The maximum atomic E-state index is 12.5. The molecule has 1 N–H and O–H groups in total. The summed E-state index contributed by atoms with van der Waals surface area (Å²) in [5, 5.41) is 5.22. The third kappa shape index (κ3) is 5.56. The molecule has 0 unspecified atom stereocenters. The first kappa shape index (κ1) is 19.9. The van der Waals surface area contributed by atoms with Gasteiger partial charge in [-0.1, -0.05) is 48.0 Å². The van der Waals surface area contributed by atoms with Gasteiger partial charge in [-0.25, -0.2) is 4.98 Å². The number of halogens is 3. The minimum atomic E-state index is -4.78. The Labute approximate surface area is 164 Å². The lowest BCUT2D eigenvalue weighted by atomic mass is 10.2. The number of para-hydroxylation sites is 1. The monoisotopic (exact) mass is 406 g/mol. The number of aryl methyl sites for hydroxylation is 1. The van der Waals surface area contributed by atoms with Gasteiger partial charge in [-0.2, -0.15) is 0 Å². The predicted octanol–water partition coefficient (Wildman–Crippen LogP) is 4.88. The van der Waals surface area contributed by atoms with E-state index in [-0.39, 0.29) is 30.2 Å². The zero-order chi connectivity index (χ0) is 20.1. The first-order valence-electron chi connectivity index (χ1n) is 8.42. The van der Waals surface area contributed by atoms with Crippen LogP contribution in [0.3, 0.4) is 0 Å². The standard InChI is InChI=1S/C20H17F3N2O2S/c1-13-6-8-14(9-7-13)19-25-16(12-28-19)10-18(26)24-11-15-4-2-3-5-17(15)27-20(21,22)23/h2-9,12H,10-11H2,1H3,(H,24,26). The van der Waals surface area contributed by atoms with E-state index in [1.165, 1.54) is 29.5 Å². The number of amides is 1. The number of thiazole rings is 1. The summed E-state index contributed by atoms with van der Waals surface area (Å²) >= 11 is 1.44. The molecular weight excluding hydrogens is 389 g/mol. The Kier molecular flexibility index (Phi) is 5.99. The lowest BCUT2D eigenvalue weighted by molar-refractivity contribution is -0.274. The lowest BCUT2D eigenvalue weighted by Crippen LogP contribution is -2.25. The summed E-state index contributed by atoms with van der Waals surface area (Å²) < 4.78 is 41.3. The quantitative estimate of drug-likeness (QED) is 0.635. The summed E-state index contributed by atoms with van der Waals surface area (Å²) in [4.78, 5) is 16.6. The fraction of sp³-hybridized carbons (Fsp3) is 0.200. The Bertz CT molecular complexity index is 953. The number of hydrogen-bond donors (Lipinski definition) is 1. The highest BCUT2D eigenvalue weighted by atomic mass is 32.1. The number of ether oxygens (including phenoxy) is 1. The van der Waals surface area contributed by atoms with E-state index in [1.807, 2.05) is 31.2 Å². The Morgan fingerprint density at radius 1 is 1.14 bits per heavy atom. The molecule has 1 aromatic heterocycles. The molecule has 8 heteroatoms.